The van der Waals surface area contributed by atoms with Crippen LogP contribution < -0.4 is 5.32 Å². The summed E-state index contributed by atoms with van der Waals surface area (Å²) < 4.78 is 43.1. The van der Waals surface area contributed by atoms with E-state index in [9.17, 15) is 17.9 Å². The van der Waals surface area contributed by atoms with Gasteiger partial charge in [-0.2, -0.15) is 4.31 Å². The molecule has 1 aromatic heterocycles. The molecule has 0 spiro atoms. The van der Waals surface area contributed by atoms with E-state index in [-0.39, 0.29) is 29.4 Å². The number of benzene rings is 2. The Labute approximate surface area is 191 Å². The van der Waals surface area contributed by atoms with Gasteiger partial charge in [-0.1, -0.05) is 11.8 Å². The molecule has 2 aliphatic rings. The molecule has 2 aliphatic heterocycles. The number of aliphatic hydroxyl groups excluding tert-OH is 1. The fourth-order valence-corrected chi connectivity index (χ4v) is 6.32. The normalized spacial score (nSPS) is 22.1. The highest BCUT2D eigenvalue weighted by molar-refractivity contribution is 7.89. The Morgan fingerprint density at radius 1 is 1.18 bits per heavy atom. The minimum absolute atomic E-state index is 0.0125. The molecule has 0 amide bonds. The lowest BCUT2D eigenvalue weighted by Gasteiger charge is -2.38. The van der Waals surface area contributed by atoms with Crippen LogP contribution in [0.5, 0.6) is 0 Å². The second-order valence-electron chi connectivity index (χ2n) is 8.38. The maximum atomic E-state index is 13.4. The third-order valence-electron chi connectivity index (χ3n) is 6.27. The molecule has 2 aromatic carbocycles. The molecule has 1 fully saturated rings. The van der Waals surface area contributed by atoms with E-state index in [0.29, 0.717) is 18.5 Å². The van der Waals surface area contributed by atoms with Gasteiger partial charge in [-0.05, 0) is 54.4 Å². The summed E-state index contributed by atoms with van der Waals surface area (Å²) in [6.07, 6.45) is 3.59. The molecular weight excluding hydrogens is 443 g/mol. The highest BCUT2D eigenvalue weighted by atomic mass is 32.2. The van der Waals surface area contributed by atoms with Gasteiger partial charge in [-0.25, -0.2) is 17.8 Å². The van der Waals surface area contributed by atoms with E-state index in [0.717, 1.165) is 16.8 Å². The van der Waals surface area contributed by atoms with Gasteiger partial charge in [-0.3, -0.25) is 0 Å². The van der Waals surface area contributed by atoms with Crippen molar-refractivity contribution in [3.05, 3.63) is 77.5 Å². The number of aromatic nitrogens is 2. The fraction of sp³-hybridized carbons (Fsp3) is 0.292. The zero-order chi connectivity index (χ0) is 23.2. The highest BCUT2D eigenvalue weighted by Gasteiger charge is 2.49. The summed E-state index contributed by atoms with van der Waals surface area (Å²) in [5, 5.41) is 13.3. The molecule has 0 bridgehead atoms. The van der Waals surface area contributed by atoms with Crippen LogP contribution in [0.4, 0.5) is 10.1 Å². The summed E-state index contributed by atoms with van der Waals surface area (Å²) in [6.45, 7) is 0.252. The van der Waals surface area contributed by atoms with Crippen molar-refractivity contribution in [1.82, 2.24) is 13.9 Å². The highest BCUT2D eigenvalue weighted by Crippen LogP contribution is 2.48. The topological polar surface area (TPSA) is 87.5 Å². The Hall–Kier alpha value is -3.19. The van der Waals surface area contributed by atoms with Crippen LogP contribution in [0, 0.1) is 23.6 Å². The first-order chi connectivity index (χ1) is 15.9. The van der Waals surface area contributed by atoms with Crippen LogP contribution in [0.25, 0.3) is 0 Å². The van der Waals surface area contributed by atoms with Crippen molar-refractivity contribution >= 4 is 15.7 Å². The quantitative estimate of drug-likeness (QED) is 0.580. The van der Waals surface area contributed by atoms with Crippen LogP contribution in [0.3, 0.4) is 0 Å². The summed E-state index contributed by atoms with van der Waals surface area (Å²) in [4.78, 5) is 4.07. The average Bonchev–Trinajstić information content (AvgIpc) is 3.46. The second kappa shape index (κ2) is 8.30. The summed E-state index contributed by atoms with van der Waals surface area (Å²) >= 11 is 0. The van der Waals surface area contributed by atoms with E-state index in [4.69, 9.17) is 0 Å². The number of sulfonamides is 1. The smallest absolute Gasteiger partial charge is 0.262 e. The number of nitrogens with zero attached hydrogens (tertiary/aromatic N) is 3. The Bertz CT molecular complexity index is 1360. The number of halogens is 1. The van der Waals surface area contributed by atoms with E-state index in [1.165, 1.54) is 29.0 Å². The maximum Gasteiger partial charge on any atom is 0.262 e. The zero-order valence-electron chi connectivity index (χ0n) is 17.9. The van der Waals surface area contributed by atoms with Gasteiger partial charge in [0.05, 0.1) is 25.0 Å². The third-order valence-corrected chi connectivity index (χ3v) is 8.04. The molecule has 0 aliphatic carbocycles. The zero-order valence-corrected chi connectivity index (χ0v) is 18.8. The summed E-state index contributed by atoms with van der Waals surface area (Å²) in [6, 6.07) is 10.9. The molecule has 3 heterocycles. The fourth-order valence-electron chi connectivity index (χ4n) is 4.69. The lowest BCUT2D eigenvalue weighted by molar-refractivity contribution is 0.210. The average molecular weight is 467 g/mol. The largest absolute Gasteiger partial charge is 0.394 e. The predicted molar refractivity (Wildman–Crippen MR) is 121 cm³/mol. The second-order valence-corrected chi connectivity index (χ2v) is 10.2. The molecular formula is C24H23FN4O3S. The van der Waals surface area contributed by atoms with Crippen LogP contribution >= 0.6 is 0 Å². The van der Waals surface area contributed by atoms with Gasteiger partial charge in [0.15, 0.2) is 5.03 Å². The van der Waals surface area contributed by atoms with Gasteiger partial charge >= 0.3 is 0 Å². The first-order valence-corrected chi connectivity index (χ1v) is 12.1. The molecule has 0 radical (unpaired) electrons. The molecule has 0 unspecified atom stereocenters. The number of fused-ring (bicyclic) bond motifs is 3. The number of aliphatic hydroxyl groups is 1. The first-order valence-electron chi connectivity index (χ1n) is 10.7. The lowest BCUT2D eigenvalue weighted by atomic mass is 9.83. The molecule has 2 N–H and O–H groups in total. The van der Waals surface area contributed by atoms with Crippen molar-refractivity contribution in [3.8, 4) is 11.8 Å². The van der Waals surface area contributed by atoms with Crippen LogP contribution in [0.1, 0.15) is 29.2 Å². The molecule has 170 valence electrons. The number of aryl methyl sites for hydroxylation is 1. The third kappa shape index (κ3) is 3.91. The minimum Gasteiger partial charge on any atom is -0.394 e. The van der Waals surface area contributed by atoms with Crippen molar-refractivity contribution in [3.63, 3.8) is 0 Å². The van der Waals surface area contributed by atoms with Gasteiger partial charge in [0.1, 0.15) is 5.82 Å². The van der Waals surface area contributed by atoms with Crippen molar-refractivity contribution in [2.75, 3.05) is 18.5 Å². The Kier molecular flexibility index (Phi) is 5.44. The number of anilines is 1. The van der Waals surface area contributed by atoms with Crippen LogP contribution in [-0.4, -0.2) is 46.6 Å². The van der Waals surface area contributed by atoms with E-state index in [2.05, 4.69) is 22.1 Å². The van der Waals surface area contributed by atoms with E-state index < -0.39 is 16.1 Å². The maximum absolute atomic E-state index is 13.4. The van der Waals surface area contributed by atoms with Crippen molar-refractivity contribution in [1.29, 1.82) is 0 Å². The number of imidazole rings is 1. The summed E-state index contributed by atoms with van der Waals surface area (Å²) in [5.74, 6) is 5.71. The van der Waals surface area contributed by atoms with Gasteiger partial charge in [0, 0.05) is 42.5 Å². The molecule has 1 saturated heterocycles. The van der Waals surface area contributed by atoms with Crippen molar-refractivity contribution < 1.29 is 17.9 Å². The number of hydrogen-bond acceptors (Lipinski definition) is 5. The summed E-state index contributed by atoms with van der Waals surface area (Å²) in [7, 11) is -2.09. The molecule has 3 aromatic rings. The SMILES string of the molecule is Cn1cnc(S(=O)(=O)N2CC[C@@H]3[C@H](CO)Nc4ccc(C#Cc5ccc(F)cc5)cc4[C@@H]32)c1. The van der Waals surface area contributed by atoms with Gasteiger partial charge in [-0.15, -0.1) is 0 Å². The van der Waals surface area contributed by atoms with Crippen molar-refractivity contribution in [2.24, 2.45) is 13.0 Å². The predicted octanol–water partition coefficient (Wildman–Crippen LogP) is 2.50. The van der Waals surface area contributed by atoms with Gasteiger partial charge in [0.25, 0.3) is 10.0 Å². The standard InChI is InChI=1S/C24H23FN4O3S/c1-28-13-23(26-15-28)33(31,32)29-11-10-19-22(14-30)27-21-9-6-17(12-20(21)24(19)29)3-2-16-4-7-18(25)8-5-16/h4-9,12-13,15,19,22,24,27,30H,10-11,14H2,1H3/t19-,22+,24-/m1/s1. The first kappa shape index (κ1) is 21.6. The van der Waals surface area contributed by atoms with E-state index in [1.807, 2.05) is 18.2 Å². The minimum atomic E-state index is -3.81. The number of nitrogens with one attached hydrogen (secondary N) is 1. The van der Waals surface area contributed by atoms with Crippen LogP contribution in [0.15, 0.2) is 60.0 Å². The Morgan fingerprint density at radius 3 is 2.61 bits per heavy atom. The van der Waals surface area contributed by atoms with Gasteiger partial charge in [0.2, 0.25) is 0 Å². The lowest BCUT2D eigenvalue weighted by Crippen LogP contribution is -2.42. The molecule has 0 saturated carbocycles. The molecule has 5 rings (SSSR count). The Balaban J connectivity index is 1.55. The van der Waals surface area contributed by atoms with Crippen molar-refractivity contribution in [2.45, 2.75) is 23.5 Å². The van der Waals surface area contributed by atoms with E-state index >= 15 is 0 Å². The molecule has 9 heteroatoms. The summed E-state index contributed by atoms with van der Waals surface area (Å²) in [5.41, 5.74) is 3.02. The number of hydrogen-bond donors (Lipinski definition) is 2. The van der Waals surface area contributed by atoms with Crippen LogP contribution in [-0.2, 0) is 17.1 Å². The monoisotopic (exact) mass is 466 g/mol. The van der Waals surface area contributed by atoms with Gasteiger partial charge < -0.3 is 15.0 Å². The van der Waals surface area contributed by atoms with Crippen LogP contribution in [0.2, 0.25) is 0 Å². The van der Waals surface area contributed by atoms with E-state index in [1.54, 1.807) is 23.7 Å². The molecule has 3 atom stereocenters. The Morgan fingerprint density at radius 2 is 1.91 bits per heavy atom. The molecule has 7 nitrogen and oxygen atoms in total. The number of rotatable bonds is 3. The molecule has 33 heavy (non-hydrogen) atoms.